The van der Waals surface area contributed by atoms with Gasteiger partial charge in [0.25, 0.3) is 11.8 Å². The number of ketones is 1. The maximum Gasteiger partial charge on any atom is 0.458 e. The molecule has 2 aromatic rings. The van der Waals surface area contributed by atoms with Crippen LogP contribution >= 0.6 is 0 Å². The van der Waals surface area contributed by atoms with Crippen molar-refractivity contribution in [2.24, 2.45) is 5.92 Å². The van der Waals surface area contributed by atoms with Crippen molar-refractivity contribution in [1.82, 2.24) is 4.90 Å². The van der Waals surface area contributed by atoms with Crippen molar-refractivity contribution in [3.8, 4) is 0 Å². The Morgan fingerprint density at radius 2 is 1.41 bits per heavy atom. The molecule has 0 spiro atoms. The van der Waals surface area contributed by atoms with Gasteiger partial charge in [-0.1, -0.05) is 42.5 Å². The van der Waals surface area contributed by atoms with Gasteiger partial charge in [-0.05, 0) is 64.6 Å². The maximum atomic E-state index is 13.3. The summed E-state index contributed by atoms with van der Waals surface area (Å²) in [6, 6.07) is 16.8. The van der Waals surface area contributed by atoms with E-state index in [9.17, 15) is 14.4 Å². The summed E-state index contributed by atoms with van der Waals surface area (Å²) < 4.78 is 12.3. The molecule has 7 heteroatoms. The van der Waals surface area contributed by atoms with Gasteiger partial charge < -0.3 is 9.31 Å². The number of rotatable bonds is 9. The molecule has 0 aromatic heterocycles. The Bertz CT molecular complexity index is 1030. The van der Waals surface area contributed by atoms with Crippen LogP contribution in [-0.2, 0) is 20.5 Å². The molecule has 1 fully saturated rings. The summed E-state index contributed by atoms with van der Waals surface area (Å²) in [4.78, 5) is 39.8. The molecule has 2 aromatic carbocycles. The summed E-state index contributed by atoms with van der Waals surface area (Å²) in [5.41, 5.74) is 1.04. The lowest BCUT2D eigenvalue weighted by molar-refractivity contribution is -0.122. The Morgan fingerprint density at radius 1 is 0.882 bits per heavy atom. The van der Waals surface area contributed by atoms with Crippen molar-refractivity contribution in [3.05, 3.63) is 71.3 Å². The molecule has 4 rings (SSSR count). The first-order chi connectivity index (χ1) is 16.1. The quantitative estimate of drug-likeness (QED) is 0.404. The molecule has 0 radical (unpaired) electrons. The smallest absolute Gasteiger partial charge is 0.403 e. The highest BCUT2D eigenvalue weighted by Crippen LogP contribution is 2.39. The number of carbonyl (C=O) groups excluding carboxylic acids is 3. The van der Waals surface area contributed by atoms with E-state index in [0.29, 0.717) is 30.3 Å². The Labute approximate surface area is 201 Å². The number of nitrogens with zero attached hydrogens (tertiary/aromatic N) is 1. The molecule has 2 aliphatic heterocycles. The normalized spacial score (nSPS) is 19.4. The van der Waals surface area contributed by atoms with Crippen molar-refractivity contribution in [2.45, 2.75) is 64.5 Å². The minimum atomic E-state index is -0.459. The second kappa shape index (κ2) is 9.47. The number of carbonyl (C=O) groups is 3. The minimum Gasteiger partial charge on any atom is -0.403 e. The first-order valence-electron chi connectivity index (χ1n) is 12.0. The van der Waals surface area contributed by atoms with Gasteiger partial charge in [0.2, 0.25) is 0 Å². The zero-order valence-corrected chi connectivity index (χ0v) is 20.4. The number of fused-ring (bicyclic) bond motifs is 1. The van der Waals surface area contributed by atoms with Gasteiger partial charge in [0.05, 0.1) is 22.3 Å². The van der Waals surface area contributed by atoms with E-state index in [0.717, 1.165) is 5.56 Å². The molecule has 6 nitrogen and oxygen atoms in total. The molecule has 0 bridgehead atoms. The highest BCUT2D eigenvalue weighted by molar-refractivity contribution is 6.46. The van der Waals surface area contributed by atoms with Gasteiger partial charge >= 0.3 is 7.12 Å². The van der Waals surface area contributed by atoms with Crippen LogP contribution in [0.4, 0.5) is 0 Å². The van der Waals surface area contributed by atoms with Crippen LogP contribution in [0.2, 0.25) is 6.32 Å². The van der Waals surface area contributed by atoms with E-state index in [1.807, 2.05) is 58.0 Å². The zero-order valence-electron chi connectivity index (χ0n) is 20.4. The highest BCUT2D eigenvalue weighted by atomic mass is 16.7. The SMILES string of the molecule is CC1(C)OB(CC(Cc2ccccc2)C(=O)CCCN2C(=O)c3ccccc3C2=O)OC1(C)C. The molecule has 1 atom stereocenters. The Kier molecular flexibility index (Phi) is 6.79. The van der Waals surface area contributed by atoms with E-state index in [1.165, 1.54) is 4.90 Å². The fraction of sp³-hybridized carbons (Fsp3) is 0.444. The second-order valence-electron chi connectivity index (χ2n) is 10.2. The van der Waals surface area contributed by atoms with Crippen LogP contribution in [0, 0.1) is 5.92 Å². The lowest BCUT2D eigenvalue weighted by Gasteiger charge is -2.32. The maximum absolute atomic E-state index is 13.3. The van der Waals surface area contributed by atoms with E-state index in [1.54, 1.807) is 24.3 Å². The fourth-order valence-corrected chi connectivity index (χ4v) is 4.58. The lowest BCUT2D eigenvalue weighted by Crippen LogP contribution is -2.41. The van der Waals surface area contributed by atoms with Crippen molar-refractivity contribution in [2.75, 3.05) is 6.54 Å². The van der Waals surface area contributed by atoms with E-state index in [2.05, 4.69) is 0 Å². The second-order valence-corrected chi connectivity index (χ2v) is 10.2. The molecule has 2 amide bonds. The molecule has 0 aliphatic carbocycles. The molecule has 2 heterocycles. The molecule has 0 N–H and O–H groups in total. The fourth-order valence-electron chi connectivity index (χ4n) is 4.58. The van der Waals surface area contributed by atoms with Gasteiger partial charge in [0.1, 0.15) is 5.78 Å². The average molecular weight is 461 g/mol. The molecule has 178 valence electrons. The van der Waals surface area contributed by atoms with Gasteiger partial charge in [0, 0.05) is 18.9 Å². The molecular weight excluding hydrogens is 429 g/mol. The Morgan fingerprint density at radius 3 is 1.97 bits per heavy atom. The van der Waals surface area contributed by atoms with Crippen LogP contribution in [0.25, 0.3) is 0 Å². The summed E-state index contributed by atoms with van der Waals surface area (Å²) in [6.45, 7) is 8.24. The van der Waals surface area contributed by atoms with Crippen molar-refractivity contribution >= 4 is 24.7 Å². The topological polar surface area (TPSA) is 72.9 Å². The summed E-state index contributed by atoms with van der Waals surface area (Å²) in [6.07, 6.45) is 1.77. The minimum absolute atomic E-state index is 0.0928. The Balaban J connectivity index is 1.40. The van der Waals surface area contributed by atoms with Gasteiger partial charge in [-0.3, -0.25) is 19.3 Å². The average Bonchev–Trinajstić information content (AvgIpc) is 3.16. The van der Waals surface area contributed by atoms with E-state index >= 15 is 0 Å². The third-order valence-corrected chi connectivity index (χ3v) is 7.24. The standard InChI is InChI=1S/C27H32BNO5/c1-26(2)27(3,4)34-28(33-26)18-20(17-19-11-6-5-7-12-19)23(30)15-10-16-29-24(31)21-13-8-9-14-22(21)25(29)32/h5-9,11-14,20H,10,15-18H2,1-4H3. The molecule has 34 heavy (non-hydrogen) atoms. The lowest BCUT2D eigenvalue weighted by atomic mass is 9.73. The zero-order chi connectivity index (χ0) is 24.5. The van der Waals surface area contributed by atoms with Gasteiger partial charge in [-0.2, -0.15) is 0 Å². The number of Topliss-reactive ketones (excluding diaryl/α,β-unsaturated/α-hetero) is 1. The van der Waals surface area contributed by atoms with E-state index in [4.69, 9.17) is 9.31 Å². The first kappa shape index (κ1) is 24.4. The van der Waals surface area contributed by atoms with Crippen molar-refractivity contribution < 1.29 is 23.7 Å². The van der Waals surface area contributed by atoms with Crippen molar-refractivity contribution in [3.63, 3.8) is 0 Å². The first-order valence-corrected chi connectivity index (χ1v) is 12.0. The van der Waals surface area contributed by atoms with E-state index in [-0.39, 0.29) is 36.5 Å². The summed E-state index contributed by atoms with van der Waals surface area (Å²) >= 11 is 0. The monoisotopic (exact) mass is 461 g/mol. The Hall–Kier alpha value is -2.77. The van der Waals surface area contributed by atoms with Gasteiger partial charge in [0.15, 0.2) is 0 Å². The summed E-state index contributed by atoms with van der Waals surface area (Å²) in [7, 11) is -0.459. The molecular formula is C27H32BNO5. The number of hydrogen-bond acceptors (Lipinski definition) is 5. The number of imide groups is 1. The number of hydrogen-bond donors (Lipinski definition) is 0. The largest absolute Gasteiger partial charge is 0.458 e. The highest BCUT2D eigenvalue weighted by Gasteiger charge is 2.51. The predicted octanol–water partition coefficient (Wildman–Crippen LogP) is 4.58. The summed E-state index contributed by atoms with van der Waals surface area (Å²) in [5, 5.41) is 0. The third kappa shape index (κ3) is 4.86. The van der Waals surface area contributed by atoms with E-state index < -0.39 is 18.3 Å². The van der Waals surface area contributed by atoms with Crippen LogP contribution in [-0.4, -0.2) is 47.4 Å². The number of amides is 2. The van der Waals surface area contributed by atoms with Crippen LogP contribution in [0.3, 0.4) is 0 Å². The van der Waals surface area contributed by atoms with Crippen molar-refractivity contribution in [1.29, 1.82) is 0 Å². The van der Waals surface area contributed by atoms with Gasteiger partial charge in [-0.15, -0.1) is 0 Å². The molecule has 1 unspecified atom stereocenters. The van der Waals surface area contributed by atoms with Crippen LogP contribution in [0.5, 0.6) is 0 Å². The third-order valence-electron chi connectivity index (χ3n) is 7.24. The molecule has 1 saturated heterocycles. The van der Waals surface area contributed by atoms with Crippen LogP contribution in [0.15, 0.2) is 54.6 Å². The van der Waals surface area contributed by atoms with Crippen LogP contribution in [0.1, 0.15) is 66.8 Å². The number of benzene rings is 2. The predicted molar refractivity (Wildman–Crippen MR) is 131 cm³/mol. The van der Waals surface area contributed by atoms with Crippen LogP contribution < -0.4 is 0 Å². The molecule has 0 saturated carbocycles. The van der Waals surface area contributed by atoms with Gasteiger partial charge in [-0.25, -0.2) is 0 Å². The summed E-state index contributed by atoms with van der Waals surface area (Å²) in [5.74, 6) is -0.758. The molecule has 2 aliphatic rings.